The second-order valence-electron chi connectivity index (χ2n) is 6.89. The summed E-state index contributed by atoms with van der Waals surface area (Å²) in [4.78, 5) is 24.1. The topological polar surface area (TPSA) is 75.0 Å². The molecule has 0 radical (unpaired) electrons. The molecule has 0 fully saturated rings. The first kappa shape index (κ1) is 19.1. The van der Waals surface area contributed by atoms with Gasteiger partial charge in [-0.25, -0.2) is 9.59 Å². The first-order valence-electron chi connectivity index (χ1n) is 9.73. The monoisotopic (exact) mass is 394 g/mol. The third-order valence-electron chi connectivity index (χ3n) is 4.93. The molecule has 0 saturated carbocycles. The molecule has 0 bridgehead atoms. The van der Waals surface area contributed by atoms with Crippen molar-refractivity contribution in [3.8, 4) is 11.5 Å². The van der Waals surface area contributed by atoms with Gasteiger partial charge in [0.25, 0.3) is 0 Å². The minimum absolute atomic E-state index is 0.0177. The van der Waals surface area contributed by atoms with Crippen molar-refractivity contribution >= 4 is 16.9 Å². The summed E-state index contributed by atoms with van der Waals surface area (Å²) in [7, 11) is 0. The number of hydrogen-bond donors (Lipinski definition) is 0. The molecule has 150 valence electrons. The van der Waals surface area contributed by atoms with E-state index in [1.807, 2.05) is 25.1 Å². The van der Waals surface area contributed by atoms with E-state index in [9.17, 15) is 9.59 Å². The third-order valence-corrected chi connectivity index (χ3v) is 4.93. The lowest BCUT2D eigenvalue weighted by Crippen LogP contribution is -2.16. The van der Waals surface area contributed by atoms with Crippen molar-refractivity contribution in [2.24, 2.45) is 0 Å². The number of rotatable bonds is 7. The normalized spacial score (nSPS) is 12.6. The van der Waals surface area contributed by atoms with E-state index in [2.05, 4.69) is 0 Å². The van der Waals surface area contributed by atoms with Crippen LogP contribution >= 0.6 is 0 Å². The molecule has 0 amide bonds. The Kier molecular flexibility index (Phi) is 5.51. The van der Waals surface area contributed by atoms with Crippen LogP contribution in [0, 0.1) is 0 Å². The number of fused-ring (bicyclic) bond motifs is 2. The SMILES string of the molecule is CCOc1ccccc1OCC(=O)OCc1cc(=O)oc2cc3c(cc12)CCC3. The van der Waals surface area contributed by atoms with E-state index in [1.165, 1.54) is 17.2 Å². The summed E-state index contributed by atoms with van der Waals surface area (Å²) < 4.78 is 21.7. The molecule has 0 aliphatic heterocycles. The minimum Gasteiger partial charge on any atom is -0.490 e. The van der Waals surface area contributed by atoms with Crippen molar-refractivity contribution in [1.82, 2.24) is 0 Å². The average molecular weight is 394 g/mol. The highest BCUT2D eigenvalue weighted by molar-refractivity contribution is 5.82. The fraction of sp³-hybridized carbons (Fsp3) is 0.304. The average Bonchev–Trinajstić information content (AvgIpc) is 3.17. The lowest BCUT2D eigenvalue weighted by molar-refractivity contribution is -0.147. The Morgan fingerprint density at radius 1 is 1.03 bits per heavy atom. The zero-order chi connectivity index (χ0) is 20.2. The smallest absolute Gasteiger partial charge is 0.344 e. The summed E-state index contributed by atoms with van der Waals surface area (Å²) in [6.45, 7) is 2.11. The Morgan fingerprint density at radius 2 is 1.76 bits per heavy atom. The van der Waals surface area contributed by atoms with Crippen LogP contribution in [0.15, 0.2) is 51.7 Å². The predicted molar refractivity (Wildman–Crippen MR) is 107 cm³/mol. The van der Waals surface area contributed by atoms with Crippen molar-refractivity contribution in [2.75, 3.05) is 13.2 Å². The van der Waals surface area contributed by atoms with E-state index in [4.69, 9.17) is 18.6 Å². The van der Waals surface area contributed by atoms with Gasteiger partial charge < -0.3 is 18.6 Å². The minimum atomic E-state index is -0.529. The first-order chi connectivity index (χ1) is 14.1. The van der Waals surface area contributed by atoms with Crippen molar-refractivity contribution in [3.63, 3.8) is 0 Å². The van der Waals surface area contributed by atoms with Crippen LogP contribution in [-0.2, 0) is 29.0 Å². The molecule has 4 rings (SSSR count). The largest absolute Gasteiger partial charge is 0.490 e. The highest BCUT2D eigenvalue weighted by Crippen LogP contribution is 2.29. The van der Waals surface area contributed by atoms with Crippen LogP contribution in [0.25, 0.3) is 11.0 Å². The number of esters is 1. The molecular weight excluding hydrogens is 372 g/mol. The number of aryl methyl sites for hydroxylation is 2. The number of carbonyl (C=O) groups excluding carboxylic acids is 1. The van der Waals surface area contributed by atoms with E-state index in [-0.39, 0.29) is 13.2 Å². The molecule has 3 aromatic rings. The summed E-state index contributed by atoms with van der Waals surface area (Å²) in [5.41, 5.74) is 3.19. The van der Waals surface area contributed by atoms with Gasteiger partial charge in [0.05, 0.1) is 6.61 Å². The van der Waals surface area contributed by atoms with Gasteiger partial charge in [-0.15, -0.1) is 0 Å². The third kappa shape index (κ3) is 4.26. The van der Waals surface area contributed by atoms with E-state index >= 15 is 0 Å². The van der Waals surface area contributed by atoms with Crippen LogP contribution in [-0.4, -0.2) is 19.2 Å². The van der Waals surface area contributed by atoms with Crippen LogP contribution in [0.2, 0.25) is 0 Å². The van der Waals surface area contributed by atoms with E-state index in [1.54, 1.807) is 18.2 Å². The Bertz CT molecular complexity index is 1100. The van der Waals surface area contributed by atoms with Gasteiger partial charge >= 0.3 is 11.6 Å². The number of hydrogen-bond acceptors (Lipinski definition) is 6. The van der Waals surface area contributed by atoms with Crippen LogP contribution in [0.5, 0.6) is 11.5 Å². The molecule has 1 aromatic heterocycles. The molecule has 1 aliphatic carbocycles. The zero-order valence-corrected chi connectivity index (χ0v) is 16.2. The van der Waals surface area contributed by atoms with Crippen molar-refractivity contribution in [2.45, 2.75) is 32.8 Å². The number of carbonyl (C=O) groups is 1. The van der Waals surface area contributed by atoms with E-state index in [0.29, 0.717) is 29.3 Å². The molecule has 29 heavy (non-hydrogen) atoms. The van der Waals surface area contributed by atoms with Gasteiger partial charge in [-0.1, -0.05) is 12.1 Å². The predicted octanol–water partition coefficient (Wildman–Crippen LogP) is 3.80. The van der Waals surface area contributed by atoms with Crippen molar-refractivity contribution in [3.05, 3.63) is 69.6 Å². The Hall–Kier alpha value is -3.28. The molecule has 0 atom stereocenters. The summed E-state index contributed by atoms with van der Waals surface area (Å²) in [5, 5.41) is 0.806. The maximum Gasteiger partial charge on any atom is 0.344 e. The number of ether oxygens (including phenoxy) is 3. The lowest BCUT2D eigenvalue weighted by atomic mass is 10.0. The summed E-state index contributed by atoms with van der Waals surface area (Å²) in [6.07, 6.45) is 3.10. The Balaban J connectivity index is 1.44. The summed E-state index contributed by atoms with van der Waals surface area (Å²) in [6, 6.07) is 12.5. The molecule has 2 aromatic carbocycles. The van der Waals surface area contributed by atoms with Crippen LogP contribution in [0.3, 0.4) is 0 Å². The first-order valence-corrected chi connectivity index (χ1v) is 9.73. The molecular formula is C23H22O6. The molecule has 1 aliphatic rings. The fourth-order valence-corrected chi connectivity index (χ4v) is 3.59. The maximum absolute atomic E-state index is 12.2. The van der Waals surface area contributed by atoms with Crippen LogP contribution in [0.4, 0.5) is 0 Å². The van der Waals surface area contributed by atoms with Gasteiger partial charge in [-0.3, -0.25) is 0 Å². The highest BCUT2D eigenvalue weighted by atomic mass is 16.6. The molecule has 0 unspecified atom stereocenters. The standard InChI is InChI=1S/C23H22O6/c1-2-26-19-8-3-4-9-20(19)27-14-23(25)28-13-17-12-22(24)29-21-11-16-7-5-6-15(16)10-18(17)21/h3-4,8-12H,2,5-7,13-14H2,1H3. The zero-order valence-electron chi connectivity index (χ0n) is 16.2. The van der Waals surface area contributed by atoms with Crippen molar-refractivity contribution < 1.29 is 23.4 Å². The molecule has 0 saturated heterocycles. The number of benzene rings is 2. The summed E-state index contributed by atoms with van der Waals surface area (Å²) >= 11 is 0. The molecule has 1 heterocycles. The quantitative estimate of drug-likeness (QED) is 0.448. The van der Waals surface area contributed by atoms with Gasteiger partial charge in [0, 0.05) is 17.0 Å². The lowest BCUT2D eigenvalue weighted by Gasteiger charge is -2.12. The molecule has 0 N–H and O–H groups in total. The second-order valence-corrected chi connectivity index (χ2v) is 6.89. The Labute approximate surface area is 168 Å². The number of para-hydroxylation sites is 2. The molecule has 6 nitrogen and oxygen atoms in total. The Morgan fingerprint density at radius 3 is 2.52 bits per heavy atom. The van der Waals surface area contributed by atoms with Gasteiger partial charge in [0.1, 0.15) is 12.2 Å². The second kappa shape index (κ2) is 8.39. The van der Waals surface area contributed by atoms with Crippen molar-refractivity contribution in [1.29, 1.82) is 0 Å². The summed E-state index contributed by atoms with van der Waals surface area (Å²) in [5.74, 6) is 0.523. The van der Waals surface area contributed by atoms with Gasteiger partial charge in [-0.05, 0) is 61.6 Å². The maximum atomic E-state index is 12.2. The van der Waals surface area contributed by atoms with E-state index in [0.717, 1.165) is 24.6 Å². The van der Waals surface area contributed by atoms with Crippen LogP contribution < -0.4 is 15.1 Å². The van der Waals surface area contributed by atoms with Crippen LogP contribution in [0.1, 0.15) is 30.0 Å². The highest BCUT2D eigenvalue weighted by Gasteiger charge is 2.16. The van der Waals surface area contributed by atoms with Gasteiger partial charge in [0.2, 0.25) is 0 Å². The molecule has 6 heteroatoms. The van der Waals surface area contributed by atoms with E-state index < -0.39 is 11.6 Å². The fourth-order valence-electron chi connectivity index (χ4n) is 3.59. The molecule has 0 spiro atoms. The van der Waals surface area contributed by atoms with Gasteiger partial charge in [0.15, 0.2) is 18.1 Å². The van der Waals surface area contributed by atoms with Gasteiger partial charge in [-0.2, -0.15) is 0 Å².